The van der Waals surface area contributed by atoms with Gasteiger partial charge in [-0.3, -0.25) is 0 Å². The minimum Gasteiger partial charge on any atom is -0.490 e. The van der Waals surface area contributed by atoms with Crippen molar-refractivity contribution in [2.45, 2.75) is 39.0 Å². The van der Waals surface area contributed by atoms with Crippen molar-refractivity contribution >= 4 is 36.4 Å². The van der Waals surface area contributed by atoms with Crippen LogP contribution in [0.25, 0.3) is 0 Å². The van der Waals surface area contributed by atoms with Crippen molar-refractivity contribution in [2.75, 3.05) is 19.8 Å². The Morgan fingerprint density at radius 2 is 1.96 bits per heavy atom. The first-order chi connectivity index (χ1) is 12.7. The van der Waals surface area contributed by atoms with Crippen LogP contribution in [0.5, 0.6) is 11.5 Å². The Bertz CT molecular complexity index is 696. The second-order valence-corrected chi connectivity index (χ2v) is 6.65. The van der Waals surface area contributed by atoms with Crippen LogP contribution in [0.1, 0.15) is 30.9 Å². The summed E-state index contributed by atoms with van der Waals surface area (Å²) in [5.74, 6) is 1.48. The van der Waals surface area contributed by atoms with Gasteiger partial charge in [0.1, 0.15) is 11.8 Å². The molecule has 156 valence electrons. The molecule has 1 aliphatic heterocycles. The fourth-order valence-electron chi connectivity index (χ4n) is 2.89. The van der Waals surface area contributed by atoms with E-state index in [0.29, 0.717) is 24.5 Å². The number of aromatic nitrogens is 1. The van der Waals surface area contributed by atoms with E-state index in [1.165, 1.54) is 0 Å². The molecule has 1 saturated heterocycles. The molecule has 0 amide bonds. The van der Waals surface area contributed by atoms with Gasteiger partial charge in [0.15, 0.2) is 11.5 Å². The zero-order valence-electron chi connectivity index (χ0n) is 15.9. The predicted molar refractivity (Wildman–Crippen MR) is 116 cm³/mol. The monoisotopic (exact) mass is 448 g/mol. The van der Waals surface area contributed by atoms with Crippen LogP contribution in [0.4, 0.5) is 0 Å². The van der Waals surface area contributed by atoms with Crippen LogP contribution in [0.2, 0.25) is 5.15 Å². The number of hydrogen-bond donors (Lipinski definition) is 1. The largest absolute Gasteiger partial charge is 0.490 e. The Hall–Kier alpha value is -1.24. The van der Waals surface area contributed by atoms with Crippen LogP contribution in [-0.4, -0.2) is 30.8 Å². The van der Waals surface area contributed by atoms with Gasteiger partial charge in [0.25, 0.3) is 0 Å². The first-order valence-corrected chi connectivity index (χ1v) is 9.43. The van der Waals surface area contributed by atoms with Crippen LogP contribution in [-0.2, 0) is 17.9 Å². The molecular formula is C20H27Cl3N2O3. The second kappa shape index (κ2) is 13.1. The van der Waals surface area contributed by atoms with E-state index in [-0.39, 0.29) is 24.8 Å². The first-order valence-electron chi connectivity index (χ1n) is 9.06. The molecule has 3 rings (SSSR count). The maximum atomic E-state index is 5.91. The molecule has 8 heteroatoms. The standard InChI is InChI=1S/C20H25ClN2O3.2ClH/c1-2-24-19-10-15(11-22-13-17-4-3-9-25-17)5-7-18(19)26-14-16-6-8-20(21)23-12-16;;/h5-8,10,12,17,22H,2-4,9,11,13-14H2,1H3;2*1H. The number of ether oxygens (including phenoxy) is 3. The summed E-state index contributed by atoms with van der Waals surface area (Å²) in [6.07, 6.45) is 4.36. The number of benzene rings is 1. The molecule has 1 aromatic carbocycles. The fraction of sp³-hybridized carbons (Fsp3) is 0.450. The summed E-state index contributed by atoms with van der Waals surface area (Å²) in [5.41, 5.74) is 2.12. The molecule has 1 aliphatic rings. The zero-order chi connectivity index (χ0) is 18.2. The lowest BCUT2D eigenvalue weighted by Gasteiger charge is -2.15. The summed E-state index contributed by atoms with van der Waals surface area (Å²) in [6.45, 7) is 5.52. The first kappa shape index (κ1) is 24.8. The lowest BCUT2D eigenvalue weighted by atomic mass is 10.2. The SMILES string of the molecule is CCOc1cc(CNCC2CCCO2)ccc1OCc1ccc(Cl)nc1.Cl.Cl. The molecule has 2 heterocycles. The summed E-state index contributed by atoms with van der Waals surface area (Å²) in [6, 6.07) is 9.70. The van der Waals surface area contributed by atoms with Crippen molar-refractivity contribution in [1.82, 2.24) is 10.3 Å². The Kier molecular flexibility index (Phi) is 11.6. The van der Waals surface area contributed by atoms with Crippen LogP contribution in [0, 0.1) is 0 Å². The van der Waals surface area contributed by atoms with Crippen LogP contribution < -0.4 is 14.8 Å². The van der Waals surface area contributed by atoms with Crippen molar-refractivity contribution in [2.24, 2.45) is 0 Å². The van der Waals surface area contributed by atoms with E-state index in [4.69, 9.17) is 25.8 Å². The number of hydrogen-bond acceptors (Lipinski definition) is 5. The van der Waals surface area contributed by atoms with Crippen molar-refractivity contribution in [3.8, 4) is 11.5 Å². The van der Waals surface area contributed by atoms with Crippen LogP contribution >= 0.6 is 36.4 Å². The Morgan fingerprint density at radius 1 is 1.14 bits per heavy atom. The molecule has 0 bridgehead atoms. The zero-order valence-corrected chi connectivity index (χ0v) is 18.2. The molecule has 1 atom stereocenters. The third-order valence-electron chi connectivity index (χ3n) is 4.22. The molecule has 1 fully saturated rings. The van der Waals surface area contributed by atoms with Crippen LogP contribution in [0.15, 0.2) is 36.5 Å². The molecule has 5 nitrogen and oxygen atoms in total. The maximum absolute atomic E-state index is 5.91. The van der Waals surface area contributed by atoms with E-state index in [0.717, 1.165) is 55.2 Å². The summed E-state index contributed by atoms with van der Waals surface area (Å²) < 4.78 is 17.3. The smallest absolute Gasteiger partial charge is 0.161 e. The Labute approximate surface area is 183 Å². The maximum Gasteiger partial charge on any atom is 0.161 e. The highest BCUT2D eigenvalue weighted by molar-refractivity contribution is 6.29. The van der Waals surface area contributed by atoms with E-state index >= 15 is 0 Å². The minimum atomic E-state index is 0. The predicted octanol–water partition coefficient (Wildman–Crippen LogP) is 4.82. The average Bonchev–Trinajstić information content (AvgIpc) is 3.16. The van der Waals surface area contributed by atoms with Gasteiger partial charge in [0, 0.05) is 31.5 Å². The number of rotatable bonds is 9. The summed E-state index contributed by atoms with van der Waals surface area (Å²) in [7, 11) is 0. The van der Waals surface area contributed by atoms with Gasteiger partial charge >= 0.3 is 0 Å². The van der Waals surface area contributed by atoms with Gasteiger partial charge in [-0.2, -0.15) is 0 Å². The van der Waals surface area contributed by atoms with E-state index in [9.17, 15) is 0 Å². The molecule has 0 saturated carbocycles. The van der Waals surface area contributed by atoms with E-state index < -0.39 is 0 Å². The number of nitrogens with zero attached hydrogens (tertiary/aromatic N) is 1. The van der Waals surface area contributed by atoms with E-state index in [1.807, 2.05) is 25.1 Å². The lowest BCUT2D eigenvalue weighted by Crippen LogP contribution is -2.25. The normalized spacial score (nSPS) is 15.4. The van der Waals surface area contributed by atoms with Gasteiger partial charge in [-0.15, -0.1) is 24.8 Å². The van der Waals surface area contributed by atoms with Gasteiger partial charge in [-0.1, -0.05) is 23.7 Å². The molecule has 0 spiro atoms. The Morgan fingerprint density at radius 3 is 2.64 bits per heavy atom. The van der Waals surface area contributed by atoms with E-state index in [1.54, 1.807) is 12.3 Å². The van der Waals surface area contributed by atoms with Gasteiger partial charge in [-0.05, 0) is 43.5 Å². The Balaban J connectivity index is 0.00000196. The molecule has 0 aliphatic carbocycles. The summed E-state index contributed by atoms with van der Waals surface area (Å²) >= 11 is 5.81. The fourth-order valence-corrected chi connectivity index (χ4v) is 3.00. The quantitative estimate of drug-likeness (QED) is 0.556. The van der Waals surface area contributed by atoms with Gasteiger partial charge in [-0.25, -0.2) is 4.98 Å². The second-order valence-electron chi connectivity index (χ2n) is 6.26. The highest BCUT2D eigenvalue weighted by Gasteiger charge is 2.14. The molecular weight excluding hydrogens is 423 g/mol. The third kappa shape index (κ3) is 7.64. The van der Waals surface area contributed by atoms with Crippen molar-refractivity contribution in [3.63, 3.8) is 0 Å². The van der Waals surface area contributed by atoms with Crippen molar-refractivity contribution in [3.05, 3.63) is 52.8 Å². The van der Waals surface area contributed by atoms with Crippen molar-refractivity contribution in [1.29, 1.82) is 0 Å². The molecule has 0 radical (unpaired) electrons. The molecule has 1 N–H and O–H groups in total. The molecule has 2 aromatic rings. The molecule has 1 aromatic heterocycles. The minimum absolute atomic E-state index is 0. The summed E-state index contributed by atoms with van der Waals surface area (Å²) in [5, 5.41) is 3.93. The van der Waals surface area contributed by atoms with Gasteiger partial charge in [0.2, 0.25) is 0 Å². The number of nitrogens with one attached hydrogen (secondary N) is 1. The van der Waals surface area contributed by atoms with Crippen molar-refractivity contribution < 1.29 is 14.2 Å². The highest BCUT2D eigenvalue weighted by Crippen LogP contribution is 2.29. The highest BCUT2D eigenvalue weighted by atomic mass is 35.5. The number of halogens is 3. The average molecular weight is 450 g/mol. The molecule has 28 heavy (non-hydrogen) atoms. The number of pyridine rings is 1. The summed E-state index contributed by atoms with van der Waals surface area (Å²) in [4.78, 5) is 4.07. The topological polar surface area (TPSA) is 52.6 Å². The third-order valence-corrected chi connectivity index (χ3v) is 4.44. The lowest BCUT2D eigenvalue weighted by molar-refractivity contribution is 0.110. The molecule has 1 unspecified atom stereocenters. The van der Waals surface area contributed by atoms with Crippen LogP contribution in [0.3, 0.4) is 0 Å². The van der Waals surface area contributed by atoms with E-state index in [2.05, 4.69) is 16.4 Å². The van der Waals surface area contributed by atoms with Gasteiger partial charge < -0.3 is 19.5 Å². The van der Waals surface area contributed by atoms with Gasteiger partial charge in [0.05, 0.1) is 12.7 Å².